The maximum atomic E-state index is 13.3. The number of carbonyl (C=O) groups excluding carboxylic acids is 1. The number of aliphatic imine (C=N–C) groups is 1. The molecular formula is C18H21FN6O3. The Bertz CT molecular complexity index is 923. The summed E-state index contributed by atoms with van der Waals surface area (Å²) in [5, 5.41) is 4.13. The summed E-state index contributed by atoms with van der Waals surface area (Å²) >= 11 is 0. The molecule has 2 aromatic rings. The average Bonchev–Trinajstić information content (AvgIpc) is 3.13. The molecule has 2 bridgehead atoms. The van der Waals surface area contributed by atoms with E-state index in [4.69, 9.17) is 9.57 Å². The maximum Gasteiger partial charge on any atom is 0.280 e. The quantitative estimate of drug-likeness (QED) is 0.792. The Balaban J connectivity index is 1.82. The first-order valence-corrected chi connectivity index (χ1v) is 8.73. The third-order valence-electron chi connectivity index (χ3n) is 4.02. The van der Waals surface area contributed by atoms with Crippen LogP contribution in [0.2, 0.25) is 0 Å². The van der Waals surface area contributed by atoms with Crippen LogP contribution in [-0.4, -0.2) is 53.2 Å². The summed E-state index contributed by atoms with van der Waals surface area (Å²) < 4.78 is 20.3. The lowest BCUT2D eigenvalue weighted by Gasteiger charge is -2.18. The van der Waals surface area contributed by atoms with E-state index >= 15 is 0 Å². The fourth-order valence-electron chi connectivity index (χ4n) is 2.55. The molecule has 148 valence electrons. The van der Waals surface area contributed by atoms with Gasteiger partial charge in [0.1, 0.15) is 30.4 Å². The standard InChI is InChI=1S/C18H21FN6O3/c1-3-13(19)11-20-16-5-4-7-24(2)15-6-8-25-17(22-15)14(12-21-25)18(26)23-28-10-9-27-16/h3,6,8,11-12H,1,4-5,7,9-10H2,2H3,(H,23,26)/b13-11+,20-16?. The largest absolute Gasteiger partial charge is 0.478 e. The molecule has 1 aliphatic heterocycles. The zero-order valence-electron chi connectivity index (χ0n) is 15.5. The molecule has 1 aliphatic rings. The van der Waals surface area contributed by atoms with Gasteiger partial charge in [0.2, 0.25) is 0 Å². The molecule has 0 fully saturated rings. The molecule has 1 N–H and O–H groups in total. The predicted octanol–water partition coefficient (Wildman–Crippen LogP) is 2.03. The molecule has 28 heavy (non-hydrogen) atoms. The molecule has 0 aliphatic carbocycles. The predicted molar refractivity (Wildman–Crippen MR) is 102 cm³/mol. The number of fused-ring (bicyclic) bond motifs is 1. The van der Waals surface area contributed by atoms with Gasteiger partial charge in [-0.05, 0) is 18.6 Å². The maximum absolute atomic E-state index is 13.3. The first-order valence-electron chi connectivity index (χ1n) is 8.73. The topological polar surface area (TPSA) is 93.4 Å². The van der Waals surface area contributed by atoms with E-state index in [0.717, 1.165) is 12.3 Å². The summed E-state index contributed by atoms with van der Waals surface area (Å²) in [6.07, 6.45) is 6.50. The third kappa shape index (κ3) is 4.71. The van der Waals surface area contributed by atoms with Gasteiger partial charge in [-0.25, -0.2) is 24.4 Å². The van der Waals surface area contributed by atoms with Gasteiger partial charge in [0.15, 0.2) is 11.5 Å². The van der Waals surface area contributed by atoms with Crippen LogP contribution in [0.15, 0.2) is 48.1 Å². The minimum atomic E-state index is -0.555. The zero-order valence-corrected chi connectivity index (χ0v) is 15.5. The van der Waals surface area contributed by atoms with E-state index in [-0.39, 0.29) is 13.2 Å². The number of hydrogen-bond donors (Lipinski definition) is 1. The number of amides is 1. The van der Waals surface area contributed by atoms with Gasteiger partial charge < -0.3 is 9.64 Å². The smallest absolute Gasteiger partial charge is 0.280 e. The van der Waals surface area contributed by atoms with Crippen LogP contribution in [0.4, 0.5) is 10.2 Å². The Morgan fingerprint density at radius 1 is 1.46 bits per heavy atom. The van der Waals surface area contributed by atoms with Crippen molar-refractivity contribution in [2.75, 3.05) is 31.7 Å². The minimum Gasteiger partial charge on any atom is -0.478 e. The van der Waals surface area contributed by atoms with Gasteiger partial charge >= 0.3 is 0 Å². The lowest BCUT2D eigenvalue weighted by Crippen LogP contribution is -2.26. The Morgan fingerprint density at radius 3 is 3.14 bits per heavy atom. The summed E-state index contributed by atoms with van der Waals surface area (Å²) in [5.74, 6) is 0.0493. The number of ether oxygens (including phenoxy) is 1. The Kier molecular flexibility index (Phi) is 6.33. The van der Waals surface area contributed by atoms with E-state index in [0.29, 0.717) is 42.3 Å². The van der Waals surface area contributed by atoms with E-state index < -0.39 is 11.7 Å². The van der Waals surface area contributed by atoms with Gasteiger partial charge in [0.25, 0.3) is 5.91 Å². The number of nitrogens with zero attached hydrogens (tertiary/aromatic N) is 5. The monoisotopic (exact) mass is 388 g/mol. The zero-order chi connectivity index (χ0) is 19.9. The molecule has 0 atom stereocenters. The van der Waals surface area contributed by atoms with Crippen molar-refractivity contribution in [1.82, 2.24) is 20.1 Å². The summed E-state index contributed by atoms with van der Waals surface area (Å²) in [6.45, 7) is 4.24. The second-order valence-electron chi connectivity index (χ2n) is 6.01. The second-order valence-corrected chi connectivity index (χ2v) is 6.01. The summed E-state index contributed by atoms with van der Waals surface area (Å²) in [5.41, 5.74) is 3.08. The van der Waals surface area contributed by atoms with Crippen molar-refractivity contribution in [1.29, 1.82) is 0 Å². The van der Waals surface area contributed by atoms with Gasteiger partial charge in [0.05, 0.1) is 12.4 Å². The second kappa shape index (κ2) is 9.09. The number of nitrogens with one attached hydrogen (secondary N) is 1. The van der Waals surface area contributed by atoms with Crippen LogP contribution in [0.5, 0.6) is 0 Å². The fourth-order valence-corrected chi connectivity index (χ4v) is 2.55. The van der Waals surface area contributed by atoms with Gasteiger partial charge in [-0.1, -0.05) is 6.58 Å². The van der Waals surface area contributed by atoms with Crippen molar-refractivity contribution in [3.63, 3.8) is 0 Å². The molecule has 9 nitrogen and oxygen atoms in total. The Morgan fingerprint density at radius 2 is 2.32 bits per heavy atom. The Hall–Kier alpha value is -3.27. The van der Waals surface area contributed by atoms with Crippen molar-refractivity contribution >= 4 is 23.3 Å². The van der Waals surface area contributed by atoms with E-state index in [2.05, 4.69) is 27.1 Å². The number of allylic oxidation sites excluding steroid dienone is 2. The molecule has 10 heteroatoms. The van der Waals surface area contributed by atoms with Gasteiger partial charge in [-0.2, -0.15) is 5.10 Å². The number of hydroxylamine groups is 1. The molecule has 3 rings (SSSR count). The number of anilines is 1. The van der Waals surface area contributed by atoms with Crippen LogP contribution in [0.25, 0.3) is 5.65 Å². The Labute approximate surface area is 161 Å². The minimum absolute atomic E-state index is 0.0935. The van der Waals surface area contributed by atoms with Crippen molar-refractivity contribution < 1.29 is 18.8 Å². The molecule has 0 radical (unpaired) electrons. The molecule has 0 saturated carbocycles. The van der Waals surface area contributed by atoms with Crippen molar-refractivity contribution in [2.24, 2.45) is 4.99 Å². The number of hydrogen-bond acceptors (Lipinski definition) is 7. The van der Waals surface area contributed by atoms with Crippen molar-refractivity contribution in [3.05, 3.63) is 48.7 Å². The van der Waals surface area contributed by atoms with E-state index in [1.54, 1.807) is 6.20 Å². The molecule has 1 amide bonds. The molecule has 0 unspecified atom stereocenters. The number of carbonyl (C=O) groups is 1. The van der Waals surface area contributed by atoms with Crippen LogP contribution in [0, 0.1) is 0 Å². The highest BCUT2D eigenvalue weighted by atomic mass is 19.1. The van der Waals surface area contributed by atoms with Crippen LogP contribution in [0.3, 0.4) is 0 Å². The average molecular weight is 388 g/mol. The highest BCUT2D eigenvalue weighted by Crippen LogP contribution is 2.15. The van der Waals surface area contributed by atoms with Crippen LogP contribution >= 0.6 is 0 Å². The first-order chi connectivity index (χ1) is 13.6. The summed E-state index contributed by atoms with van der Waals surface area (Å²) in [6, 6.07) is 1.81. The molecular weight excluding hydrogens is 367 g/mol. The first kappa shape index (κ1) is 19.5. The molecule has 0 spiro atoms. The van der Waals surface area contributed by atoms with Crippen molar-refractivity contribution in [3.8, 4) is 0 Å². The SMILES string of the molecule is C=C/C(F)=C\N=C1CCCN(C)c2ccn3ncc(c3n2)C(=O)NOCCO1. The van der Waals surface area contributed by atoms with Crippen LogP contribution in [-0.2, 0) is 9.57 Å². The fraction of sp³-hybridized carbons (Fsp3) is 0.333. The van der Waals surface area contributed by atoms with Crippen molar-refractivity contribution in [2.45, 2.75) is 12.8 Å². The summed E-state index contributed by atoms with van der Waals surface area (Å²) in [7, 11) is 1.89. The third-order valence-corrected chi connectivity index (χ3v) is 4.02. The summed E-state index contributed by atoms with van der Waals surface area (Å²) in [4.78, 5) is 28.0. The normalized spacial score (nSPS) is 18.5. The number of halogens is 1. The molecule has 3 heterocycles. The van der Waals surface area contributed by atoms with E-state index in [1.807, 2.05) is 18.0 Å². The lowest BCUT2D eigenvalue weighted by molar-refractivity contribution is 0.0183. The van der Waals surface area contributed by atoms with Crippen LogP contribution < -0.4 is 10.4 Å². The number of aromatic nitrogens is 3. The highest BCUT2D eigenvalue weighted by molar-refractivity contribution is 5.99. The van der Waals surface area contributed by atoms with Gasteiger partial charge in [0, 0.05) is 26.2 Å². The highest BCUT2D eigenvalue weighted by Gasteiger charge is 2.16. The lowest BCUT2D eigenvalue weighted by atomic mass is 10.3. The van der Waals surface area contributed by atoms with E-state index in [9.17, 15) is 9.18 Å². The van der Waals surface area contributed by atoms with Crippen LogP contribution in [0.1, 0.15) is 23.2 Å². The van der Waals surface area contributed by atoms with Gasteiger partial charge in [-0.3, -0.25) is 9.63 Å². The molecule has 0 saturated heterocycles. The van der Waals surface area contributed by atoms with Gasteiger partial charge in [-0.15, -0.1) is 0 Å². The van der Waals surface area contributed by atoms with E-state index in [1.165, 1.54) is 10.7 Å². The molecule has 0 aromatic carbocycles. The number of rotatable bonds is 2. The molecule has 2 aromatic heterocycles.